The average Bonchev–Trinajstić information content (AvgIpc) is 2.32. The summed E-state index contributed by atoms with van der Waals surface area (Å²) >= 11 is 6.16. The summed E-state index contributed by atoms with van der Waals surface area (Å²) in [4.78, 5) is 4.37. The lowest BCUT2D eigenvalue weighted by atomic mass is 10.2. The smallest absolute Gasteiger partial charge is 0.219 e. The molecule has 2 rings (SSSR count). The zero-order chi connectivity index (χ0) is 13.8. The van der Waals surface area contributed by atoms with Crippen LogP contribution in [-0.4, -0.2) is 12.0 Å². The van der Waals surface area contributed by atoms with Crippen LogP contribution in [0.3, 0.4) is 0 Å². The summed E-state index contributed by atoms with van der Waals surface area (Å²) in [5, 5.41) is 3.71. The molecule has 0 atom stereocenters. The van der Waals surface area contributed by atoms with E-state index in [1.807, 2.05) is 51.2 Å². The molecule has 3 nitrogen and oxygen atoms in total. The maximum absolute atomic E-state index is 6.16. The van der Waals surface area contributed by atoms with Crippen molar-refractivity contribution in [1.29, 1.82) is 0 Å². The molecule has 1 aromatic heterocycles. The number of hydrogen-bond donors (Lipinski definition) is 1. The number of aryl methyl sites for hydroxylation is 2. The normalized spacial score (nSPS) is 10.5. The van der Waals surface area contributed by atoms with E-state index in [9.17, 15) is 0 Å². The van der Waals surface area contributed by atoms with Crippen LogP contribution in [0.5, 0.6) is 11.6 Å². The molecule has 0 aliphatic rings. The number of benzene rings is 1. The first-order valence-electron chi connectivity index (χ1n) is 6.14. The molecule has 0 aliphatic heterocycles. The third-order valence-electron chi connectivity index (χ3n) is 2.67. The molecule has 0 unspecified atom stereocenters. The first-order chi connectivity index (χ1) is 9.08. The van der Waals surface area contributed by atoms with Gasteiger partial charge >= 0.3 is 0 Å². The Morgan fingerprint density at radius 2 is 2.00 bits per heavy atom. The fourth-order valence-electron chi connectivity index (χ4n) is 1.87. The molecule has 1 N–H and O–H groups in total. The predicted octanol–water partition coefficient (Wildman–Crippen LogP) is 3.86. The second kappa shape index (κ2) is 6.04. The minimum atomic E-state index is 0.566. The average molecular weight is 277 g/mol. The number of ether oxygens (including phenoxy) is 1. The lowest BCUT2D eigenvalue weighted by Crippen LogP contribution is -2.06. The number of pyridine rings is 1. The molecule has 100 valence electrons. The van der Waals surface area contributed by atoms with Crippen molar-refractivity contribution in [1.82, 2.24) is 10.3 Å². The van der Waals surface area contributed by atoms with Gasteiger partial charge in [0.15, 0.2) is 0 Å². The maximum Gasteiger partial charge on any atom is 0.219 e. The molecule has 0 spiro atoms. The van der Waals surface area contributed by atoms with Gasteiger partial charge in [-0.1, -0.05) is 17.7 Å². The van der Waals surface area contributed by atoms with Crippen LogP contribution in [0.25, 0.3) is 0 Å². The first-order valence-corrected chi connectivity index (χ1v) is 6.52. The van der Waals surface area contributed by atoms with Gasteiger partial charge in [-0.2, -0.15) is 0 Å². The number of rotatable bonds is 4. The molecule has 1 aromatic carbocycles. The molecule has 0 amide bonds. The fourth-order valence-corrected chi connectivity index (χ4v) is 2.14. The van der Waals surface area contributed by atoms with Crippen LogP contribution in [-0.2, 0) is 6.54 Å². The minimum absolute atomic E-state index is 0.566. The summed E-state index contributed by atoms with van der Waals surface area (Å²) in [5.74, 6) is 1.19. The van der Waals surface area contributed by atoms with E-state index in [0.717, 1.165) is 23.4 Å². The number of halogens is 1. The third-order valence-corrected chi connectivity index (χ3v) is 2.97. The second-order valence-corrected chi connectivity index (χ2v) is 4.93. The molecule has 0 aliphatic carbocycles. The third kappa shape index (κ3) is 3.69. The highest BCUT2D eigenvalue weighted by Gasteiger charge is 2.06. The second-order valence-electron chi connectivity index (χ2n) is 4.52. The standard InChI is InChI=1S/C15H17ClN2O/c1-10-4-5-14(13(16)6-10)19-15-8-12(9-17-3)7-11(2)18-15/h4-8,17H,9H2,1-3H3. The molecular weight excluding hydrogens is 260 g/mol. The highest BCUT2D eigenvalue weighted by atomic mass is 35.5. The van der Waals surface area contributed by atoms with Crippen molar-refractivity contribution in [3.05, 3.63) is 52.2 Å². The molecule has 0 saturated carbocycles. The van der Waals surface area contributed by atoms with Gasteiger partial charge in [0.1, 0.15) is 5.75 Å². The topological polar surface area (TPSA) is 34.2 Å². The molecule has 1 heterocycles. The summed E-state index contributed by atoms with van der Waals surface area (Å²) in [5.41, 5.74) is 3.16. The van der Waals surface area contributed by atoms with Crippen molar-refractivity contribution in [2.45, 2.75) is 20.4 Å². The highest BCUT2D eigenvalue weighted by molar-refractivity contribution is 6.32. The Labute approximate surface area is 118 Å². The van der Waals surface area contributed by atoms with E-state index in [-0.39, 0.29) is 0 Å². The van der Waals surface area contributed by atoms with E-state index in [1.54, 1.807) is 0 Å². The summed E-state index contributed by atoms with van der Waals surface area (Å²) < 4.78 is 5.76. The van der Waals surface area contributed by atoms with Crippen LogP contribution in [0.15, 0.2) is 30.3 Å². The van der Waals surface area contributed by atoms with Crippen molar-refractivity contribution >= 4 is 11.6 Å². The van der Waals surface area contributed by atoms with Gasteiger partial charge in [-0.05, 0) is 50.2 Å². The SMILES string of the molecule is CNCc1cc(C)nc(Oc2ccc(C)cc2Cl)c1. The Balaban J connectivity index is 2.27. The van der Waals surface area contributed by atoms with Crippen molar-refractivity contribution < 1.29 is 4.74 Å². The van der Waals surface area contributed by atoms with Crippen LogP contribution in [0.4, 0.5) is 0 Å². The van der Waals surface area contributed by atoms with Crippen LogP contribution in [0.1, 0.15) is 16.8 Å². The molecule has 0 saturated heterocycles. The number of nitrogens with zero attached hydrogens (tertiary/aromatic N) is 1. The zero-order valence-corrected chi connectivity index (χ0v) is 12.1. The molecule has 19 heavy (non-hydrogen) atoms. The first kappa shape index (κ1) is 13.8. The van der Waals surface area contributed by atoms with Crippen molar-refractivity contribution in [3.8, 4) is 11.6 Å². The van der Waals surface area contributed by atoms with Gasteiger partial charge in [0.2, 0.25) is 5.88 Å². The van der Waals surface area contributed by atoms with Crippen molar-refractivity contribution in [2.24, 2.45) is 0 Å². The zero-order valence-electron chi connectivity index (χ0n) is 11.3. The van der Waals surface area contributed by atoms with Crippen LogP contribution in [0.2, 0.25) is 5.02 Å². The Bertz CT molecular complexity index is 584. The summed E-state index contributed by atoms with van der Waals surface area (Å²) in [7, 11) is 1.91. The van der Waals surface area contributed by atoms with E-state index in [4.69, 9.17) is 16.3 Å². The van der Waals surface area contributed by atoms with Gasteiger partial charge in [0.05, 0.1) is 5.02 Å². The monoisotopic (exact) mass is 276 g/mol. The lowest BCUT2D eigenvalue weighted by Gasteiger charge is -2.10. The van der Waals surface area contributed by atoms with Gasteiger partial charge < -0.3 is 10.1 Å². The van der Waals surface area contributed by atoms with Gasteiger partial charge in [0, 0.05) is 18.3 Å². The fraction of sp³-hybridized carbons (Fsp3) is 0.267. The number of hydrogen-bond acceptors (Lipinski definition) is 3. The number of aromatic nitrogens is 1. The Morgan fingerprint density at radius 3 is 2.68 bits per heavy atom. The van der Waals surface area contributed by atoms with E-state index >= 15 is 0 Å². The molecule has 4 heteroatoms. The Morgan fingerprint density at radius 1 is 1.21 bits per heavy atom. The van der Waals surface area contributed by atoms with Crippen LogP contribution < -0.4 is 10.1 Å². The molecule has 2 aromatic rings. The van der Waals surface area contributed by atoms with Gasteiger partial charge in [0.25, 0.3) is 0 Å². The van der Waals surface area contributed by atoms with E-state index < -0.39 is 0 Å². The lowest BCUT2D eigenvalue weighted by molar-refractivity contribution is 0.460. The maximum atomic E-state index is 6.16. The molecule has 0 radical (unpaired) electrons. The molecule has 0 fully saturated rings. The van der Waals surface area contributed by atoms with Gasteiger partial charge in [-0.25, -0.2) is 4.98 Å². The van der Waals surface area contributed by atoms with Crippen molar-refractivity contribution in [3.63, 3.8) is 0 Å². The minimum Gasteiger partial charge on any atom is -0.437 e. The van der Waals surface area contributed by atoms with Crippen LogP contribution >= 0.6 is 11.6 Å². The van der Waals surface area contributed by atoms with Gasteiger partial charge in [-0.3, -0.25) is 0 Å². The largest absolute Gasteiger partial charge is 0.437 e. The summed E-state index contributed by atoms with van der Waals surface area (Å²) in [6, 6.07) is 9.64. The Hall–Kier alpha value is -1.58. The Kier molecular flexibility index (Phi) is 4.40. The van der Waals surface area contributed by atoms with E-state index in [0.29, 0.717) is 16.7 Å². The van der Waals surface area contributed by atoms with Crippen molar-refractivity contribution in [2.75, 3.05) is 7.05 Å². The summed E-state index contributed by atoms with van der Waals surface area (Å²) in [6.07, 6.45) is 0. The van der Waals surface area contributed by atoms with E-state index in [1.165, 1.54) is 0 Å². The summed E-state index contributed by atoms with van der Waals surface area (Å²) in [6.45, 7) is 4.72. The molecular formula is C15H17ClN2O. The van der Waals surface area contributed by atoms with Gasteiger partial charge in [-0.15, -0.1) is 0 Å². The van der Waals surface area contributed by atoms with Crippen LogP contribution in [0, 0.1) is 13.8 Å². The highest BCUT2D eigenvalue weighted by Crippen LogP contribution is 2.29. The molecule has 0 bridgehead atoms. The predicted molar refractivity (Wildman–Crippen MR) is 78.0 cm³/mol. The van der Waals surface area contributed by atoms with E-state index in [2.05, 4.69) is 10.3 Å². The quantitative estimate of drug-likeness (QED) is 0.921. The number of nitrogens with one attached hydrogen (secondary N) is 1.